The number of hydrogen-bond acceptors (Lipinski definition) is 3. The highest BCUT2D eigenvalue weighted by molar-refractivity contribution is 5.80. The van der Waals surface area contributed by atoms with Gasteiger partial charge in [0.1, 0.15) is 5.75 Å². The number of carbonyl (C=O) groups excluding carboxylic acids is 1. The minimum atomic E-state index is -0.588. The zero-order valence-corrected chi connectivity index (χ0v) is 15.1. The highest BCUT2D eigenvalue weighted by Gasteiger charge is 2.14. The molecule has 3 aromatic carbocycles. The van der Waals surface area contributed by atoms with Crippen LogP contribution in [0.5, 0.6) is 5.75 Å². The zero-order chi connectivity index (χ0) is 19.1. The van der Waals surface area contributed by atoms with Crippen LogP contribution >= 0.6 is 0 Å². The summed E-state index contributed by atoms with van der Waals surface area (Å²) in [6, 6.07) is 26.8. The van der Waals surface area contributed by atoms with Crippen LogP contribution in [0.1, 0.15) is 18.1 Å². The van der Waals surface area contributed by atoms with Crippen molar-refractivity contribution in [2.24, 2.45) is 0 Å². The number of nitriles is 1. The third kappa shape index (κ3) is 4.96. The van der Waals surface area contributed by atoms with E-state index in [1.165, 1.54) is 0 Å². The molecule has 0 aliphatic heterocycles. The van der Waals surface area contributed by atoms with E-state index in [-0.39, 0.29) is 5.91 Å². The van der Waals surface area contributed by atoms with Crippen molar-refractivity contribution in [2.45, 2.75) is 19.6 Å². The van der Waals surface area contributed by atoms with Gasteiger partial charge in [0.25, 0.3) is 5.91 Å². The van der Waals surface area contributed by atoms with Crippen molar-refractivity contribution in [1.29, 1.82) is 5.26 Å². The van der Waals surface area contributed by atoms with E-state index in [4.69, 9.17) is 10.00 Å². The first-order chi connectivity index (χ1) is 13.2. The van der Waals surface area contributed by atoms with Gasteiger partial charge >= 0.3 is 0 Å². The summed E-state index contributed by atoms with van der Waals surface area (Å²) in [6.07, 6.45) is -0.588. The van der Waals surface area contributed by atoms with Crippen LogP contribution in [0.2, 0.25) is 0 Å². The number of rotatable bonds is 6. The van der Waals surface area contributed by atoms with Crippen molar-refractivity contribution < 1.29 is 9.53 Å². The minimum absolute atomic E-state index is 0.157. The second-order valence-corrected chi connectivity index (χ2v) is 6.18. The summed E-state index contributed by atoms with van der Waals surface area (Å²) < 4.78 is 5.74. The number of amides is 1. The monoisotopic (exact) mass is 356 g/mol. The summed E-state index contributed by atoms with van der Waals surface area (Å²) in [5.74, 6) is 0.477. The van der Waals surface area contributed by atoms with Gasteiger partial charge < -0.3 is 10.1 Å². The molecular weight excluding hydrogens is 336 g/mol. The van der Waals surface area contributed by atoms with Crippen LogP contribution in [-0.4, -0.2) is 12.0 Å². The van der Waals surface area contributed by atoms with Crippen molar-refractivity contribution in [3.05, 3.63) is 90.0 Å². The Morgan fingerprint density at radius 2 is 1.56 bits per heavy atom. The maximum absolute atomic E-state index is 12.2. The molecule has 3 rings (SSSR count). The molecule has 0 heterocycles. The van der Waals surface area contributed by atoms with Crippen molar-refractivity contribution >= 4 is 5.91 Å². The number of benzene rings is 3. The molecule has 134 valence electrons. The van der Waals surface area contributed by atoms with Crippen LogP contribution in [0.15, 0.2) is 78.9 Å². The Balaban J connectivity index is 1.56. The zero-order valence-electron chi connectivity index (χ0n) is 15.1. The summed E-state index contributed by atoms with van der Waals surface area (Å²) in [5, 5.41) is 11.7. The predicted molar refractivity (Wildman–Crippen MR) is 105 cm³/mol. The molecule has 0 radical (unpaired) electrons. The molecule has 0 spiro atoms. The van der Waals surface area contributed by atoms with Gasteiger partial charge in [-0.2, -0.15) is 5.26 Å². The molecule has 4 nitrogen and oxygen atoms in total. The van der Waals surface area contributed by atoms with Gasteiger partial charge in [-0.1, -0.05) is 54.6 Å². The Labute approximate surface area is 159 Å². The SMILES string of the molecule is C[C@H](Oc1ccc(-c2ccc(C#N)cc2)cc1)C(=O)NCc1ccccc1. The van der Waals surface area contributed by atoms with Crippen LogP contribution in [0.4, 0.5) is 0 Å². The van der Waals surface area contributed by atoms with E-state index < -0.39 is 6.10 Å². The van der Waals surface area contributed by atoms with Crippen molar-refractivity contribution in [1.82, 2.24) is 5.32 Å². The van der Waals surface area contributed by atoms with Gasteiger partial charge in [-0.3, -0.25) is 4.79 Å². The molecule has 4 heteroatoms. The lowest BCUT2D eigenvalue weighted by molar-refractivity contribution is -0.127. The van der Waals surface area contributed by atoms with Gasteiger partial charge in [0.05, 0.1) is 11.6 Å². The predicted octanol–water partition coefficient (Wildman–Crippen LogP) is 4.31. The molecule has 0 bridgehead atoms. The third-order valence-electron chi connectivity index (χ3n) is 4.19. The fourth-order valence-electron chi connectivity index (χ4n) is 2.65. The normalized spacial score (nSPS) is 11.3. The molecule has 1 atom stereocenters. The molecule has 0 saturated carbocycles. The number of nitrogens with one attached hydrogen (secondary N) is 1. The molecule has 0 aliphatic rings. The summed E-state index contributed by atoms with van der Waals surface area (Å²) in [6.45, 7) is 2.21. The number of carbonyl (C=O) groups is 1. The quantitative estimate of drug-likeness (QED) is 0.716. The van der Waals surface area contributed by atoms with E-state index in [9.17, 15) is 4.79 Å². The number of ether oxygens (including phenoxy) is 1. The van der Waals surface area contributed by atoms with Gasteiger partial charge in [0, 0.05) is 6.54 Å². The highest BCUT2D eigenvalue weighted by Crippen LogP contribution is 2.23. The summed E-state index contributed by atoms with van der Waals surface area (Å²) in [5.41, 5.74) is 3.72. The summed E-state index contributed by atoms with van der Waals surface area (Å²) in [7, 11) is 0. The van der Waals surface area contributed by atoms with E-state index in [1.807, 2.05) is 66.7 Å². The second-order valence-electron chi connectivity index (χ2n) is 6.18. The Hall–Kier alpha value is -3.58. The van der Waals surface area contributed by atoms with E-state index >= 15 is 0 Å². The molecule has 0 unspecified atom stereocenters. The fraction of sp³-hybridized carbons (Fsp3) is 0.130. The van der Waals surface area contributed by atoms with E-state index in [1.54, 1.807) is 19.1 Å². The smallest absolute Gasteiger partial charge is 0.261 e. The largest absolute Gasteiger partial charge is 0.481 e. The standard InChI is InChI=1S/C23H20N2O2/c1-17(23(26)25-16-19-5-3-2-4-6-19)27-22-13-11-21(12-14-22)20-9-7-18(15-24)8-10-20/h2-14,17H,16H2,1H3,(H,25,26)/t17-/m0/s1. The van der Waals surface area contributed by atoms with Crippen molar-refractivity contribution in [3.8, 4) is 22.9 Å². The topological polar surface area (TPSA) is 62.1 Å². The van der Waals surface area contributed by atoms with Crippen molar-refractivity contribution in [2.75, 3.05) is 0 Å². The van der Waals surface area contributed by atoms with Crippen LogP contribution in [0.3, 0.4) is 0 Å². The Morgan fingerprint density at radius 1 is 0.963 bits per heavy atom. The number of hydrogen-bond donors (Lipinski definition) is 1. The molecule has 0 aromatic heterocycles. The van der Waals surface area contributed by atoms with Gasteiger partial charge in [-0.15, -0.1) is 0 Å². The van der Waals surface area contributed by atoms with E-state index in [0.717, 1.165) is 16.7 Å². The van der Waals surface area contributed by atoms with Crippen LogP contribution in [0, 0.1) is 11.3 Å². The fourth-order valence-corrected chi connectivity index (χ4v) is 2.65. The molecule has 0 saturated heterocycles. The van der Waals surface area contributed by atoms with Gasteiger partial charge in [-0.05, 0) is 47.9 Å². The van der Waals surface area contributed by atoms with Gasteiger partial charge in [-0.25, -0.2) is 0 Å². The van der Waals surface area contributed by atoms with Gasteiger partial charge in [0.15, 0.2) is 6.10 Å². The van der Waals surface area contributed by atoms with E-state index in [2.05, 4.69) is 11.4 Å². The maximum atomic E-state index is 12.2. The summed E-state index contributed by atoms with van der Waals surface area (Å²) in [4.78, 5) is 12.2. The van der Waals surface area contributed by atoms with E-state index in [0.29, 0.717) is 17.9 Å². The molecule has 0 aliphatic carbocycles. The maximum Gasteiger partial charge on any atom is 0.261 e. The first-order valence-corrected chi connectivity index (χ1v) is 8.74. The van der Waals surface area contributed by atoms with Crippen molar-refractivity contribution in [3.63, 3.8) is 0 Å². The average Bonchev–Trinajstić information content (AvgIpc) is 2.73. The Kier molecular flexibility index (Phi) is 5.86. The first kappa shape index (κ1) is 18.2. The lowest BCUT2D eigenvalue weighted by Crippen LogP contribution is -2.35. The highest BCUT2D eigenvalue weighted by atomic mass is 16.5. The van der Waals surface area contributed by atoms with Crippen LogP contribution < -0.4 is 10.1 Å². The molecule has 1 amide bonds. The summed E-state index contributed by atoms with van der Waals surface area (Å²) >= 11 is 0. The Bertz CT molecular complexity index is 927. The molecule has 0 fully saturated rings. The van der Waals surface area contributed by atoms with Crippen LogP contribution in [0.25, 0.3) is 11.1 Å². The molecule has 1 N–H and O–H groups in total. The average molecular weight is 356 g/mol. The third-order valence-corrected chi connectivity index (χ3v) is 4.19. The lowest BCUT2D eigenvalue weighted by atomic mass is 10.0. The Morgan fingerprint density at radius 3 is 2.15 bits per heavy atom. The molecule has 27 heavy (non-hydrogen) atoms. The number of nitrogens with zero attached hydrogens (tertiary/aromatic N) is 1. The lowest BCUT2D eigenvalue weighted by Gasteiger charge is -2.15. The second kappa shape index (κ2) is 8.68. The minimum Gasteiger partial charge on any atom is -0.481 e. The molecular formula is C23H20N2O2. The molecule has 3 aromatic rings. The van der Waals surface area contributed by atoms with Crippen LogP contribution in [-0.2, 0) is 11.3 Å². The first-order valence-electron chi connectivity index (χ1n) is 8.74. The van der Waals surface area contributed by atoms with Gasteiger partial charge in [0.2, 0.25) is 0 Å².